The molecule has 0 saturated heterocycles. The lowest BCUT2D eigenvalue weighted by atomic mass is 9.77. The molecule has 2 aromatic rings. The normalized spacial score (nSPS) is 16.9. The zero-order chi connectivity index (χ0) is 76.3. The van der Waals surface area contributed by atoms with Gasteiger partial charge in [0.25, 0.3) is 40.5 Å². The minimum Gasteiger partial charge on any atom is -0.481 e. The molecule has 0 bridgehead atoms. The number of unbranched alkanes of at least 4 members (excludes halogenated alkanes) is 2. The highest BCUT2D eigenvalue weighted by atomic mass is 32.2. The Bertz CT molecular complexity index is 4750. The summed E-state index contributed by atoms with van der Waals surface area (Å²) < 4.78 is 135. The molecule has 0 fully saturated rings. The van der Waals surface area contributed by atoms with Crippen molar-refractivity contribution in [2.24, 2.45) is 0 Å². The number of aliphatic carboxylic acids is 2. The van der Waals surface area contributed by atoms with E-state index in [1.807, 2.05) is 73.4 Å². The van der Waals surface area contributed by atoms with Crippen molar-refractivity contribution in [2.75, 3.05) is 89.0 Å². The van der Waals surface area contributed by atoms with Gasteiger partial charge in [-0.15, -0.1) is 0 Å². The average molecular weight is 1500 g/mol. The molecule has 6 aliphatic rings. The fourth-order valence-corrected chi connectivity index (χ4v) is 15.8. The first-order valence-electron chi connectivity index (χ1n) is 34.8. The van der Waals surface area contributed by atoms with Crippen LogP contribution in [0.5, 0.6) is 0 Å². The van der Waals surface area contributed by atoms with Crippen molar-refractivity contribution in [3.63, 3.8) is 0 Å². The van der Waals surface area contributed by atoms with Crippen LogP contribution in [0.4, 0.5) is 11.4 Å². The van der Waals surface area contributed by atoms with Gasteiger partial charge in [-0.2, -0.15) is 33.7 Å². The maximum atomic E-state index is 12.8. The van der Waals surface area contributed by atoms with Gasteiger partial charge >= 0.3 is 11.9 Å². The number of carboxylic acid groups (broad SMARTS) is 2. The van der Waals surface area contributed by atoms with Gasteiger partial charge in [-0.1, -0.05) is 86.1 Å². The van der Waals surface area contributed by atoms with E-state index in [1.54, 1.807) is 24.3 Å². The van der Waals surface area contributed by atoms with Crippen LogP contribution < -0.4 is 29.7 Å². The van der Waals surface area contributed by atoms with Gasteiger partial charge in [0.15, 0.2) is 0 Å². The van der Waals surface area contributed by atoms with E-state index in [2.05, 4.69) is 128 Å². The van der Waals surface area contributed by atoms with Gasteiger partial charge in [0, 0.05) is 100 Å². The zero-order valence-corrected chi connectivity index (χ0v) is 65.7. The van der Waals surface area contributed by atoms with Crippen LogP contribution in [0, 0.1) is 0 Å². The monoisotopic (exact) mass is 1500 g/mol. The van der Waals surface area contributed by atoms with Gasteiger partial charge in [0.05, 0.1) is 61.9 Å². The number of carbonyl (C=O) groups is 2. The predicted molar refractivity (Wildman–Crippen MR) is 404 cm³/mol. The lowest BCUT2D eigenvalue weighted by molar-refractivity contribution is -0.138. The summed E-state index contributed by atoms with van der Waals surface area (Å²) in [6.07, 6.45) is 15.5. The largest absolute Gasteiger partial charge is 0.481 e. The third-order valence-electron chi connectivity index (χ3n) is 19.0. The molecule has 2 aromatic carbocycles. The molecular weight excluding hydrogens is 1400 g/mol. The molecule has 0 amide bonds. The Hall–Kier alpha value is -7.56. The van der Waals surface area contributed by atoms with Crippen molar-refractivity contribution in [1.82, 2.24) is 9.15 Å². The predicted octanol–water partition coefficient (Wildman–Crippen LogP) is 12.6. The maximum absolute atomic E-state index is 12.8. The number of hydrogen-bond acceptors (Lipinski definition) is 18. The molecule has 1 atom stereocenters. The highest BCUT2D eigenvalue weighted by Gasteiger charge is 2.45. The summed E-state index contributed by atoms with van der Waals surface area (Å²) in [4.78, 5) is 26.9. The van der Waals surface area contributed by atoms with Crippen LogP contribution in [0.3, 0.4) is 0 Å². The summed E-state index contributed by atoms with van der Waals surface area (Å²) in [5.41, 5.74) is 6.77. The number of allylic oxidation sites excluding steroid dienone is 6. The topological polar surface area (TPSA) is 287 Å². The number of hydrogen-bond donors (Lipinski definition) is 2. The number of fused-ring (bicyclic) bond motifs is 4. The number of benzene rings is 4. The number of nitrogens with zero attached hydrogens (tertiary/aromatic N) is 4. The van der Waals surface area contributed by atoms with Crippen molar-refractivity contribution < 1.29 is 79.0 Å². The molecule has 562 valence electrons. The van der Waals surface area contributed by atoms with Gasteiger partial charge in [0.2, 0.25) is 10.7 Å². The Morgan fingerprint density at radius 2 is 0.951 bits per heavy atom. The highest BCUT2D eigenvalue weighted by molar-refractivity contribution is 7.87. The molecule has 0 saturated carbocycles. The van der Waals surface area contributed by atoms with Crippen molar-refractivity contribution in [2.45, 2.75) is 172 Å². The minimum absolute atomic E-state index is 0.0230. The molecule has 2 N–H and O–H groups in total. The molecule has 26 heteroatoms. The van der Waals surface area contributed by atoms with Crippen molar-refractivity contribution in [1.29, 1.82) is 0 Å². The van der Waals surface area contributed by atoms with E-state index in [4.69, 9.17) is 22.3 Å². The van der Waals surface area contributed by atoms with E-state index in [1.165, 1.54) is 13.2 Å². The smallest absolute Gasteiger partial charge is 0.303 e. The fourth-order valence-electron chi connectivity index (χ4n) is 13.1. The molecule has 1 unspecified atom stereocenters. The van der Waals surface area contributed by atoms with E-state index >= 15 is 0 Å². The highest BCUT2D eigenvalue weighted by Crippen LogP contribution is 2.52. The van der Waals surface area contributed by atoms with E-state index in [0.29, 0.717) is 62.3 Å². The van der Waals surface area contributed by atoms with Crippen LogP contribution in [0.2, 0.25) is 0 Å². The second-order valence-corrected chi connectivity index (χ2v) is 35.6. The second-order valence-electron chi connectivity index (χ2n) is 28.4. The first-order valence-corrected chi connectivity index (χ1v) is 40.8. The number of carboxylic acids is 2. The standard InChI is InChI=1S/C39H52N2O9S2.C38H50N2O9S2/c1-9-40(22-14-24-51(44,45)48-7)29-18-20-31-28(25-36(38(2,3)4)50-34(31)26-29)15-13-16-35-39(5,6)32-27-30(52(46,47)49-8)19-21-33(32)41(35)23-12-10-11-17-37(42)43;1-9-39(10-2)28-17-19-30-27(24-35(37(3,4)5)49-33(30)25-28)14-11-15-34-38(6,21-12-16-36(41)42)31-26-29(51(45,46)48-8)18-20-32(31)40(34)22-13-23-50(43,44)47-7/h13,15-16,18-21,25-27H,9-12,14,17,22-24H2,1-8H3;11,14-15,17-20,24-26H,9-10,12-13,16,21-23H2,1-8H3/p+2. The molecular formula is C77H104N4O18S4+2. The third kappa shape index (κ3) is 20.3. The fraction of sp³-hybridized carbons (Fsp3) is 0.481. The Balaban J connectivity index is 0.000000288. The zero-order valence-electron chi connectivity index (χ0n) is 62.4. The molecule has 4 heterocycles. The first-order chi connectivity index (χ1) is 48.2. The molecule has 8 rings (SSSR count). The number of anilines is 2. The van der Waals surface area contributed by atoms with Crippen LogP contribution in [0.1, 0.15) is 175 Å². The van der Waals surface area contributed by atoms with Crippen LogP contribution in [0.25, 0.3) is 34.8 Å². The second kappa shape index (κ2) is 34.1. The summed E-state index contributed by atoms with van der Waals surface area (Å²) >= 11 is 0. The maximum Gasteiger partial charge on any atom is 0.303 e. The molecule has 4 aliphatic heterocycles. The van der Waals surface area contributed by atoms with Crippen molar-refractivity contribution >= 4 is 75.9 Å². The van der Waals surface area contributed by atoms with Gasteiger partial charge < -0.3 is 28.8 Å². The summed E-state index contributed by atoms with van der Waals surface area (Å²) in [7, 11) is -10.6. The van der Waals surface area contributed by atoms with Crippen LogP contribution in [0.15, 0.2) is 139 Å². The van der Waals surface area contributed by atoms with E-state index in [0.717, 1.165) is 120 Å². The van der Waals surface area contributed by atoms with Crippen molar-refractivity contribution in [3.8, 4) is 22.6 Å². The van der Waals surface area contributed by atoms with Gasteiger partial charge in [-0.05, 0) is 155 Å². The molecule has 0 radical (unpaired) electrons. The SMILES string of the molecule is CC[N+](CC)=c1ccc2c(C=CC=C3N(CCCS(=O)(=O)OC)c4ccc(S(=O)(=O)OC)cc4C3(C)CCCC(=O)O)cc(C(C)(C)C)oc-2c1.CC[N+](CCCS(=O)(=O)OC)=c1ccc2c(C=CC=C3N(CCCCCC(=O)O)c4ccc(S(=O)(=O)OC)cc4C3(C)C)cc(C(C)(C)C)oc-2c1. The Morgan fingerprint density at radius 1 is 0.515 bits per heavy atom. The Labute approximate surface area is 609 Å². The molecule has 22 nitrogen and oxygen atoms in total. The van der Waals surface area contributed by atoms with Gasteiger partial charge in [-0.25, -0.2) is 9.15 Å². The van der Waals surface area contributed by atoms with E-state index in [9.17, 15) is 48.4 Å². The van der Waals surface area contributed by atoms with Gasteiger partial charge in [-0.3, -0.25) is 26.3 Å². The van der Waals surface area contributed by atoms with Crippen LogP contribution in [-0.2, 0) is 88.5 Å². The molecule has 0 aromatic heterocycles. The van der Waals surface area contributed by atoms with Crippen LogP contribution in [-0.4, -0.2) is 135 Å². The van der Waals surface area contributed by atoms with E-state index in [-0.39, 0.29) is 57.9 Å². The summed E-state index contributed by atoms with van der Waals surface area (Å²) in [6, 6.07) is 26.2. The Morgan fingerprint density at radius 3 is 1.42 bits per heavy atom. The molecule has 103 heavy (non-hydrogen) atoms. The number of rotatable bonds is 31. The lowest BCUT2D eigenvalue weighted by Gasteiger charge is -2.30. The summed E-state index contributed by atoms with van der Waals surface area (Å²) in [6.45, 7) is 28.8. The third-order valence-corrected chi connectivity index (χ3v) is 24.1. The lowest BCUT2D eigenvalue weighted by Crippen LogP contribution is -2.31. The quantitative estimate of drug-likeness (QED) is 0.0232. The average Bonchev–Trinajstić information content (AvgIpc) is 1.60. The van der Waals surface area contributed by atoms with Gasteiger partial charge in [0.1, 0.15) is 49.2 Å². The van der Waals surface area contributed by atoms with E-state index < -0.39 is 63.2 Å². The summed E-state index contributed by atoms with van der Waals surface area (Å²) in [5, 5.41) is 20.6. The van der Waals surface area contributed by atoms with Crippen LogP contribution >= 0.6 is 0 Å². The summed E-state index contributed by atoms with van der Waals surface area (Å²) in [5.74, 6) is 1.08. The Kier molecular flexibility index (Phi) is 27.4. The molecule has 2 aliphatic carbocycles. The van der Waals surface area contributed by atoms with Crippen molar-refractivity contribution in [3.05, 3.63) is 165 Å². The first kappa shape index (κ1) is 82.7. The minimum atomic E-state index is -4.03. The molecule has 0 spiro atoms.